The highest BCUT2D eigenvalue weighted by Crippen LogP contribution is 2.21. The second kappa shape index (κ2) is 6.28. The van der Waals surface area contributed by atoms with E-state index in [1.807, 2.05) is 54.2 Å². The molecule has 106 valence electrons. The van der Waals surface area contributed by atoms with Gasteiger partial charge in [-0.2, -0.15) is 0 Å². The molecular weight excluding hydrogens is 300 g/mol. The summed E-state index contributed by atoms with van der Waals surface area (Å²) in [6, 6.07) is 13.9. The van der Waals surface area contributed by atoms with Gasteiger partial charge in [-0.05, 0) is 42.2 Å². The third kappa shape index (κ3) is 3.43. The van der Waals surface area contributed by atoms with Gasteiger partial charge in [0.05, 0.1) is 22.1 Å². The summed E-state index contributed by atoms with van der Waals surface area (Å²) in [5.41, 5.74) is 4.53. The minimum atomic E-state index is -0.0125. The highest BCUT2D eigenvalue weighted by molar-refractivity contribution is 7.98. The molecule has 0 saturated heterocycles. The van der Waals surface area contributed by atoms with E-state index in [4.69, 9.17) is 0 Å². The lowest BCUT2D eigenvalue weighted by molar-refractivity contribution is -0.115. The van der Waals surface area contributed by atoms with E-state index in [2.05, 4.69) is 10.3 Å². The number of nitrogens with zero attached hydrogens (tertiary/aromatic N) is 1. The van der Waals surface area contributed by atoms with Crippen LogP contribution in [-0.2, 0) is 11.2 Å². The quantitative estimate of drug-likeness (QED) is 0.734. The lowest BCUT2D eigenvalue weighted by atomic mass is 10.1. The molecule has 1 N–H and O–H groups in total. The molecule has 3 nitrogen and oxygen atoms in total. The molecule has 0 bridgehead atoms. The van der Waals surface area contributed by atoms with E-state index in [1.54, 1.807) is 23.1 Å². The van der Waals surface area contributed by atoms with Gasteiger partial charge in [-0.25, -0.2) is 4.98 Å². The van der Waals surface area contributed by atoms with Crippen molar-refractivity contribution in [1.82, 2.24) is 4.98 Å². The van der Waals surface area contributed by atoms with Crippen LogP contribution in [-0.4, -0.2) is 17.1 Å². The fourth-order valence-electron chi connectivity index (χ4n) is 2.07. The Morgan fingerprint density at radius 1 is 1.24 bits per heavy atom. The SMILES string of the molecule is CSc1ccc(CC(=O)Nc2ccc3scnc3c2)cc1. The summed E-state index contributed by atoms with van der Waals surface area (Å²) in [4.78, 5) is 17.5. The van der Waals surface area contributed by atoms with Crippen molar-refractivity contribution in [3.8, 4) is 0 Å². The fourth-order valence-corrected chi connectivity index (χ4v) is 3.14. The van der Waals surface area contributed by atoms with Crippen molar-refractivity contribution in [1.29, 1.82) is 0 Å². The third-order valence-electron chi connectivity index (χ3n) is 3.14. The monoisotopic (exact) mass is 314 g/mol. The number of hydrogen-bond donors (Lipinski definition) is 1. The lowest BCUT2D eigenvalue weighted by Gasteiger charge is -2.06. The maximum absolute atomic E-state index is 12.1. The third-order valence-corrected chi connectivity index (χ3v) is 4.69. The maximum atomic E-state index is 12.1. The zero-order chi connectivity index (χ0) is 14.7. The van der Waals surface area contributed by atoms with Gasteiger partial charge in [0.15, 0.2) is 0 Å². The zero-order valence-electron chi connectivity index (χ0n) is 11.5. The average Bonchev–Trinajstić information content (AvgIpc) is 2.95. The Hall–Kier alpha value is -1.85. The van der Waals surface area contributed by atoms with Crippen LogP contribution in [0.5, 0.6) is 0 Å². The van der Waals surface area contributed by atoms with E-state index in [1.165, 1.54) is 4.90 Å². The molecule has 5 heteroatoms. The van der Waals surface area contributed by atoms with Gasteiger partial charge in [0.1, 0.15) is 0 Å². The van der Waals surface area contributed by atoms with Gasteiger partial charge in [0.25, 0.3) is 0 Å². The number of aromatic nitrogens is 1. The van der Waals surface area contributed by atoms with Gasteiger partial charge in [-0.15, -0.1) is 23.1 Å². The van der Waals surface area contributed by atoms with Crippen molar-refractivity contribution in [3.63, 3.8) is 0 Å². The normalized spacial score (nSPS) is 10.7. The molecule has 3 aromatic rings. The molecule has 0 spiro atoms. The number of amides is 1. The molecule has 0 atom stereocenters. The minimum Gasteiger partial charge on any atom is -0.326 e. The number of rotatable bonds is 4. The Balaban J connectivity index is 1.67. The Kier molecular flexibility index (Phi) is 4.22. The van der Waals surface area contributed by atoms with Crippen LogP contribution >= 0.6 is 23.1 Å². The number of hydrogen-bond acceptors (Lipinski definition) is 4. The number of thioether (sulfide) groups is 1. The Morgan fingerprint density at radius 2 is 2.05 bits per heavy atom. The van der Waals surface area contributed by atoms with Crippen molar-refractivity contribution >= 4 is 44.9 Å². The molecular formula is C16H14N2OS2. The number of nitrogens with one attached hydrogen (secondary N) is 1. The second-order valence-electron chi connectivity index (χ2n) is 4.61. The smallest absolute Gasteiger partial charge is 0.228 e. The molecule has 21 heavy (non-hydrogen) atoms. The highest BCUT2D eigenvalue weighted by Gasteiger charge is 2.05. The average molecular weight is 314 g/mol. The molecule has 0 unspecified atom stereocenters. The first-order chi connectivity index (χ1) is 10.2. The lowest BCUT2D eigenvalue weighted by Crippen LogP contribution is -2.14. The largest absolute Gasteiger partial charge is 0.326 e. The molecule has 2 aromatic carbocycles. The Labute approximate surface area is 131 Å². The molecule has 0 saturated carbocycles. The van der Waals surface area contributed by atoms with Crippen LogP contribution in [0.4, 0.5) is 5.69 Å². The van der Waals surface area contributed by atoms with Crippen molar-refractivity contribution in [2.24, 2.45) is 0 Å². The van der Waals surface area contributed by atoms with Gasteiger partial charge in [0.2, 0.25) is 5.91 Å². The summed E-state index contributed by atoms with van der Waals surface area (Å²) >= 11 is 3.29. The van der Waals surface area contributed by atoms with Gasteiger partial charge in [0, 0.05) is 10.6 Å². The summed E-state index contributed by atoms with van der Waals surface area (Å²) in [7, 11) is 0. The molecule has 0 radical (unpaired) electrons. The highest BCUT2D eigenvalue weighted by atomic mass is 32.2. The number of benzene rings is 2. The number of thiazole rings is 1. The standard InChI is InChI=1S/C16H14N2OS2/c1-20-13-5-2-11(3-6-13)8-16(19)18-12-4-7-15-14(9-12)17-10-21-15/h2-7,9-10H,8H2,1H3,(H,18,19). The van der Waals surface area contributed by atoms with Gasteiger partial charge < -0.3 is 5.32 Å². The van der Waals surface area contributed by atoms with E-state index < -0.39 is 0 Å². The summed E-state index contributed by atoms with van der Waals surface area (Å²) in [6.45, 7) is 0. The van der Waals surface area contributed by atoms with E-state index in [0.29, 0.717) is 6.42 Å². The van der Waals surface area contributed by atoms with Crippen LogP contribution in [0.3, 0.4) is 0 Å². The van der Waals surface area contributed by atoms with Crippen molar-refractivity contribution in [2.75, 3.05) is 11.6 Å². The van der Waals surface area contributed by atoms with Crippen molar-refractivity contribution in [3.05, 3.63) is 53.5 Å². The molecule has 0 aliphatic rings. The first-order valence-electron chi connectivity index (χ1n) is 6.50. The van der Waals surface area contributed by atoms with Crippen LogP contribution < -0.4 is 5.32 Å². The van der Waals surface area contributed by atoms with E-state index >= 15 is 0 Å². The summed E-state index contributed by atoms with van der Waals surface area (Å²) < 4.78 is 1.13. The number of carbonyl (C=O) groups excluding carboxylic acids is 1. The first-order valence-corrected chi connectivity index (χ1v) is 8.61. The number of anilines is 1. The van der Waals surface area contributed by atoms with Gasteiger partial charge in [-0.1, -0.05) is 12.1 Å². The van der Waals surface area contributed by atoms with Crippen LogP contribution in [0.15, 0.2) is 52.9 Å². The minimum absolute atomic E-state index is 0.0125. The number of fused-ring (bicyclic) bond motifs is 1. The van der Waals surface area contributed by atoms with Gasteiger partial charge >= 0.3 is 0 Å². The van der Waals surface area contributed by atoms with Gasteiger partial charge in [-0.3, -0.25) is 4.79 Å². The predicted molar refractivity (Wildman–Crippen MR) is 90.2 cm³/mol. The predicted octanol–water partition coefficient (Wildman–Crippen LogP) is 4.20. The van der Waals surface area contributed by atoms with Crippen molar-refractivity contribution < 1.29 is 4.79 Å². The molecule has 0 aliphatic carbocycles. The van der Waals surface area contributed by atoms with Crippen LogP contribution in [0.2, 0.25) is 0 Å². The first kappa shape index (κ1) is 14.1. The van der Waals surface area contributed by atoms with Crippen LogP contribution in [0.1, 0.15) is 5.56 Å². The summed E-state index contributed by atoms with van der Waals surface area (Å²) in [6.07, 6.45) is 2.42. The summed E-state index contributed by atoms with van der Waals surface area (Å²) in [5.74, 6) is -0.0125. The van der Waals surface area contributed by atoms with E-state index in [0.717, 1.165) is 21.5 Å². The fraction of sp³-hybridized carbons (Fsp3) is 0.125. The van der Waals surface area contributed by atoms with E-state index in [9.17, 15) is 4.79 Å². The van der Waals surface area contributed by atoms with Crippen molar-refractivity contribution in [2.45, 2.75) is 11.3 Å². The molecule has 0 fully saturated rings. The molecule has 1 aromatic heterocycles. The molecule has 0 aliphatic heterocycles. The molecule has 1 heterocycles. The maximum Gasteiger partial charge on any atom is 0.228 e. The molecule has 1 amide bonds. The topological polar surface area (TPSA) is 42.0 Å². The zero-order valence-corrected chi connectivity index (χ0v) is 13.1. The number of carbonyl (C=O) groups is 1. The molecule has 3 rings (SSSR count). The Bertz CT molecular complexity index is 765. The van der Waals surface area contributed by atoms with Crippen LogP contribution in [0.25, 0.3) is 10.2 Å². The summed E-state index contributed by atoms with van der Waals surface area (Å²) in [5, 5.41) is 2.92. The second-order valence-corrected chi connectivity index (χ2v) is 6.37. The van der Waals surface area contributed by atoms with Crippen LogP contribution in [0, 0.1) is 0 Å². The van der Waals surface area contributed by atoms with E-state index in [-0.39, 0.29) is 5.91 Å². The Morgan fingerprint density at radius 3 is 2.81 bits per heavy atom.